The van der Waals surface area contributed by atoms with Crippen molar-refractivity contribution in [3.8, 4) is 5.75 Å². The number of thiophene rings is 1. The zero-order chi connectivity index (χ0) is 15.2. The molecule has 1 heterocycles. The third-order valence-corrected chi connectivity index (χ3v) is 3.57. The summed E-state index contributed by atoms with van der Waals surface area (Å²) in [6.07, 6.45) is 0. The molecule has 0 saturated heterocycles. The molecule has 2 rings (SSSR count). The summed E-state index contributed by atoms with van der Waals surface area (Å²) in [4.78, 5) is 25.1. The normalized spacial score (nSPS) is 10.1. The maximum Gasteiger partial charge on any atom is 0.338 e. The van der Waals surface area contributed by atoms with Crippen molar-refractivity contribution in [2.24, 2.45) is 0 Å². The van der Waals surface area contributed by atoms with E-state index in [1.54, 1.807) is 18.4 Å². The number of rotatable bonds is 5. The smallest absolute Gasteiger partial charge is 0.338 e. The highest BCUT2D eigenvalue weighted by Gasteiger charge is 2.14. The van der Waals surface area contributed by atoms with Crippen LogP contribution in [0.4, 0.5) is 0 Å². The Bertz CT molecular complexity index is 624. The number of amides is 1. The van der Waals surface area contributed by atoms with Crippen LogP contribution < -0.4 is 0 Å². The predicted molar refractivity (Wildman–Crippen MR) is 79.2 cm³/mol. The lowest BCUT2D eigenvalue weighted by Gasteiger charge is -2.16. The molecule has 6 heteroatoms. The number of carbonyl (C=O) groups is 2. The highest BCUT2D eigenvalue weighted by molar-refractivity contribution is 7.07. The molecule has 1 N–H and O–H groups in total. The summed E-state index contributed by atoms with van der Waals surface area (Å²) < 4.78 is 4.95. The van der Waals surface area contributed by atoms with E-state index in [4.69, 9.17) is 4.74 Å². The van der Waals surface area contributed by atoms with Crippen molar-refractivity contribution < 1.29 is 19.4 Å². The predicted octanol–water partition coefficient (Wildman–Crippen LogP) is 2.27. The van der Waals surface area contributed by atoms with Gasteiger partial charge < -0.3 is 14.7 Å². The Morgan fingerprint density at radius 2 is 2.14 bits per heavy atom. The summed E-state index contributed by atoms with van der Waals surface area (Å²) in [6.45, 7) is 0.154. The van der Waals surface area contributed by atoms with Gasteiger partial charge in [0.2, 0.25) is 0 Å². The van der Waals surface area contributed by atoms with E-state index in [1.807, 2.05) is 16.8 Å². The van der Waals surface area contributed by atoms with Crippen LogP contribution in [0.15, 0.2) is 41.1 Å². The number of likely N-dealkylation sites (N-methyl/N-ethyl adjacent to an activating group) is 1. The fourth-order valence-corrected chi connectivity index (χ4v) is 2.36. The van der Waals surface area contributed by atoms with Gasteiger partial charge in [-0.25, -0.2) is 4.79 Å². The van der Waals surface area contributed by atoms with Crippen molar-refractivity contribution in [3.63, 3.8) is 0 Å². The molecule has 0 unspecified atom stereocenters. The lowest BCUT2D eigenvalue weighted by molar-refractivity contribution is -0.133. The number of benzene rings is 1. The van der Waals surface area contributed by atoms with Crippen LogP contribution in [-0.2, 0) is 16.1 Å². The summed E-state index contributed by atoms with van der Waals surface area (Å²) in [5, 5.41) is 13.2. The van der Waals surface area contributed by atoms with Crippen molar-refractivity contribution >= 4 is 23.2 Å². The third kappa shape index (κ3) is 4.32. The van der Waals surface area contributed by atoms with Crippen LogP contribution in [0.2, 0.25) is 0 Å². The second-order valence-corrected chi connectivity index (χ2v) is 5.29. The molecule has 110 valence electrons. The number of ether oxygens (including phenoxy) is 1. The first-order chi connectivity index (χ1) is 10.1. The molecule has 0 spiro atoms. The van der Waals surface area contributed by atoms with E-state index in [2.05, 4.69) is 0 Å². The fourth-order valence-electron chi connectivity index (χ4n) is 1.70. The van der Waals surface area contributed by atoms with E-state index in [-0.39, 0.29) is 23.8 Å². The van der Waals surface area contributed by atoms with Crippen molar-refractivity contribution in [2.75, 3.05) is 13.7 Å². The number of hydrogen-bond donors (Lipinski definition) is 1. The minimum absolute atomic E-state index is 0.0228. The number of esters is 1. The first kappa shape index (κ1) is 15.1. The molecule has 1 amide bonds. The Hall–Kier alpha value is -2.34. The summed E-state index contributed by atoms with van der Waals surface area (Å²) in [5.74, 6) is -0.941. The Morgan fingerprint density at radius 3 is 2.81 bits per heavy atom. The quantitative estimate of drug-likeness (QED) is 0.861. The summed E-state index contributed by atoms with van der Waals surface area (Å²) in [5.41, 5.74) is 1.25. The van der Waals surface area contributed by atoms with Gasteiger partial charge in [0, 0.05) is 13.6 Å². The van der Waals surface area contributed by atoms with Gasteiger partial charge in [-0.3, -0.25) is 4.79 Å². The second-order valence-electron chi connectivity index (χ2n) is 4.51. The molecule has 0 aliphatic heterocycles. The number of aromatic hydroxyl groups is 1. The number of carbonyl (C=O) groups excluding carboxylic acids is 2. The van der Waals surface area contributed by atoms with Crippen molar-refractivity contribution in [2.45, 2.75) is 6.54 Å². The molecule has 0 aliphatic rings. The lowest BCUT2D eigenvalue weighted by atomic mass is 10.2. The molecule has 0 atom stereocenters. The van der Waals surface area contributed by atoms with Crippen LogP contribution in [0.3, 0.4) is 0 Å². The summed E-state index contributed by atoms with van der Waals surface area (Å²) in [6, 6.07) is 7.74. The van der Waals surface area contributed by atoms with E-state index >= 15 is 0 Å². The van der Waals surface area contributed by atoms with Crippen LogP contribution in [-0.4, -0.2) is 35.5 Å². The topological polar surface area (TPSA) is 66.8 Å². The molecule has 1 aromatic heterocycles. The molecule has 21 heavy (non-hydrogen) atoms. The maximum absolute atomic E-state index is 11.9. The van der Waals surface area contributed by atoms with Gasteiger partial charge >= 0.3 is 5.97 Å². The average Bonchev–Trinajstić information content (AvgIpc) is 2.97. The van der Waals surface area contributed by atoms with Gasteiger partial charge in [-0.2, -0.15) is 11.3 Å². The van der Waals surface area contributed by atoms with Crippen LogP contribution in [0.25, 0.3) is 0 Å². The van der Waals surface area contributed by atoms with Crippen molar-refractivity contribution in [3.05, 3.63) is 52.2 Å². The van der Waals surface area contributed by atoms with Gasteiger partial charge in [-0.1, -0.05) is 6.07 Å². The first-order valence-corrected chi connectivity index (χ1v) is 7.22. The Labute approximate surface area is 126 Å². The minimum Gasteiger partial charge on any atom is -0.508 e. The summed E-state index contributed by atoms with van der Waals surface area (Å²) in [7, 11) is 1.65. The van der Waals surface area contributed by atoms with E-state index < -0.39 is 5.97 Å². The molecule has 0 bridgehead atoms. The monoisotopic (exact) mass is 305 g/mol. The number of hydrogen-bond acceptors (Lipinski definition) is 5. The molecule has 5 nitrogen and oxygen atoms in total. The van der Waals surface area contributed by atoms with Crippen LogP contribution >= 0.6 is 11.3 Å². The highest BCUT2D eigenvalue weighted by Crippen LogP contribution is 2.12. The SMILES string of the molecule is CN(Cc1ccsc1)C(=O)COC(=O)c1cccc(O)c1. The van der Waals surface area contributed by atoms with E-state index in [1.165, 1.54) is 29.2 Å². The van der Waals surface area contributed by atoms with Gasteiger partial charge in [0.05, 0.1) is 5.56 Å². The maximum atomic E-state index is 11.9. The molecule has 0 saturated carbocycles. The Kier molecular flexibility index (Phi) is 4.94. The van der Waals surface area contributed by atoms with Crippen LogP contribution in [0, 0.1) is 0 Å². The van der Waals surface area contributed by atoms with Gasteiger partial charge in [-0.15, -0.1) is 0 Å². The molecule has 1 aromatic carbocycles. The molecule has 0 fully saturated rings. The lowest BCUT2D eigenvalue weighted by Crippen LogP contribution is -2.30. The molecule has 2 aromatic rings. The zero-order valence-electron chi connectivity index (χ0n) is 11.5. The average molecular weight is 305 g/mol. The van der Waals surface area contributed by atoms with Gasteiger partial charge in [0.15, 0.2) is 6.61 Å². The molecule has 0 aliphatic carbocycles. The molecular formula is C15H15NO4S. The Morgan fingerprint density at radius 1 is 1.33 bits per heavy atom. The van der Waals surface area contributed by atoms with Crippen LogP contribution in [0.5, 0.6) is 5.75 Å². The largest absolute Gasteiger partial charge is 0.508 e. The second kappa shape index (κ2) is 6.90. The van der Waals surface area contributed by atoms with E-state index in [9.17, 15) is 14.7 Å². The van der Waals surface area contributed by atoms with Crippen molar-refractivity contribution in [1.29, 1.82) is 0 Å². The van der Waals surface area contributed by atoms with Gasteiger partial charge in [0.25, 0.3) is 5.91 Å². The summed E-state index contributed by atoms with van der Waals surface area (Å²) >= 11 is 1.56. The van der Waals surface area contributed by atoms with Gasteiger partial charge in [-0.05, 0) is 40.6 Å². The van der Waals surface area contributed by atoms with E-state index in [0.717, 1.165) is 5.56 Å². The van der Waals surface area contributed by atoms with Crippen LogP contribution in [0.1, 0.15) is 15.9 Å². The number of phenols is 1. The fraction of sp³-hybridized carbons (Fsp3) is 0.200. The standard InChI is InChI=1S/C15H15NO4S/c1-16(8-11-5-6-21-10-11)14(18)9-20-15(19)12-3-2-4-13(17)7-12/h2-7,10,17H,8-9H2,1H3. The third-order valence-electron chi connectivity index (χ3n) is 2.83. The minimum atomic E-state index is -0.636. The number of phenolic OH excluding ortho intramolecular Hbond substituents is 1. The number of nitrogens with zero attached hydrogens (tertiary/aromatic N) is 1. The molecular weight excluding hydrogens is 290 g/mol. The highest BCUT2D eigenvalue weighted by atomic mass is 32.1. The zero-order valence-corrected chi connectivity index (χ0v) is 12.3. The first-order valence-electron chi connectivity index (χ1n) is 6.27. The molecule has 0 radical (unpaired) electrons. The van der Waals surface area contributed by atoms with E-state index in [0.29, 0.717) is 6.54 Å². The van der Waals surface area contributed by atoms with Gasteiger partial charge in [0.1, 0.15) is 5.75 Å². The van der Waals surface area contributed by atoms with Crippen molar-refractivity contribution in [1.82, 2.24) is 4.90 Å². The Balaban J connectivity index is 1.84.